The molecule has 0 unspecified atom stereocenters. The zero-order valence-corrected chi connectivity index (χ0v) is 9.29. The van der Waals surface area contributed by atoms with Gasteiger partial charge < -0.3 is 0 Å². The Kier molecular flexibility index (Phi) is 3.04. The summed E-state index contributed by atoms with van der Waals surface area (Å²) in [5.41, 5.74) is 2.03. The van der Waals surface area contributed by atoms with Crippen LogP contribution in [0.3, 0.4) is 0 Å². The van der Waals surface area contributed by atoms with Gasteiger partial charge in [0.15, 0.2) is 0 Å². The second kappa shape index (κ2) is 3.91. The first-order chi connectivity index (χ1) is 6.42. The number of ketones is 1. The van der Waals surface area contributed by atoms with Gasteiger partial charge in [-0.2, -0.15) is 0 Å². The third-order valence-corrected chi connectivity index (χ3v) is 2.38. The van der Waals surface area contributed by atoms with Gasteiger partial charge in [-0.1, -0.05) is 19.9 Å². The molecule has 0 aliphatic rings. The molecule has 0 saturated carbocycles. The van der Waals surface area contributed by atoms with Crippen LogP contribution in [0.25, 0.3) is 0 Å². The largest absolute Gasteiger partial charge is 0.300 e. The lowest BCUT2D eigenvalue weighted by Crippen LogP contribution is -2.20. The molecule has 1 rings (SSSR count). The molecule has 0 atom stereocenters. The number of hydrogen-bond acceptors (Lipinski definition) is 2. The number of aromatic nitrogens is 1. The van der Waals surface area contributed by atoms with Gasteiger partial charge in [0.1, 0.15) is 5.78 Å². The summed E-state index contributed by atoms with van der Waals surface area (Å²) in [4.78, 5) is 15.3. The summed E-state index contributed by atoms with van der Waals surface area (Å²) in [5.74, 6) is 0.218. The first-order valence-corrected chi connectivity index (χ1v) is 4.84. The van der Waals surface area contributed by atoms with Crippen LogP contribution in [0.15, 0.2) is 18.3 Å². The molecule has 1 aromatic rings. The highest BCUT2D eigenvalue weighted by molar-refractivity contribution is 5.77. The van der Waals surface area contributed by atoms with E-state index in [0.717, 1.165) is 11.3 Å². The quantitative estimate of drug-likeness (QED) is 0.735. The molecule has 0 bridgehead atoms. The number of aryl methyl sites for hydroxylation is 1. The summed E-state index contributed by atoms with van der Waals surface area (Å²) in [5, 5.41) is 0. The lowest BCUT2D eigenvalue weighted by molar-refractivity contribution is -0.118. The van der Waals surface area contributed by atoms with Crippen molar-refractivity contribution in [3.63, 3.8) is 0 Å². The first-order valence-electron chi connectivity index (χ1n) is 4.84. The van der Waals surface area contributed by atoms with Crippen LogP contribution in [0.4, 0.5) is 0 Å². The van der Waals surface area contributed by atoms with Crippen molar-refractivity contribution >= 4 is 5.78 Å². The van der Waals surface area contributed by atoms with E-state index in [-0.39, 0.29) is 11.2 Å². The van der Waals surface area contributed by atoms with Crippen molar-refractivity contribution in [2.24, 2.45) is 0 Å². The van der Waals surface area contributed by atoms with Gasteiger partial charge in [-0.05, 0) is 30.9 Å². The van der Waals surface area contributed by atoms with Crippen LogP contribution >= 0.6 is 0 Å². The molecule has 0 aromatic carbocycles. The SMILES string of the molecule is CC(=O)CC(C)(C)c1ccc(C)nc1. The van der Waals surface area contributed by atoms with Crippen molar-refractivity contribution in [3.05, 3.63) is 29.6 Å². The Morgan fingerprint density at radius 1 is 1.43 bits per heavy atom. The zero-order valence-electron chi connectivity index (χ0n) is 9.29. The van der Waals surface area contributed by atoms with E-state index in [1.807, 2.05) is 25.3 Å². The Bertz CT molecular complexity index is 325. The van der Waals surface area contributed by atoms with Crippen LogP contribution in [-0.2, 0) is 10.2 Å². The number of hydrogen-bond donors (Lipinski definition) is 0. The Morgan fingerprint density at radius 2 is 2.07 bits per heavy atom. The number of Topliss-reactive ketones (excluding diaryl/α,β-unsaturated/α-hetero) is 1. The second-order valence-corrected chi connectivity index (χ2v) is 4.45. The van der Waals surface area contributed by atoms with Crippen LogP contribution in [-0.4, -0.2) is 10.8 Å². The lowest BCUT2D eigenvalue weighted by atomic mass is 9.81. The Labute approximate surface area is 85.4 Å². The molecular formula is C12H17NO. The molecule has 0 N–H and O–H groups in total. The van der Waals surface area contributed by atoms with E-state index in [4.69, 9.17) is 0 Å². The highest BCUT2D eigenvalue weighted by Gasteiger charge is 2.22. The number of pyridine rings is 1. The van der Waals surface area contributed by atoms with Crippen molar-refractivity contribution < 1.29 is 4.79 Å². The maximum absolute atomic E-state index is 11.1. The highest BCUT2D eigenvalue weighted by Crippen LogP contribution is 2.26. The summed E-state index contributed by atoms with van der Waals surface area (Å²) >= 11 is 0. The fourth-order valence-electron chi connectivity index (χ4n) is 1.59. The molecule has 0 aliphatic carbocycles. The maximum Gasteiger partial charge on any atom is 0.130 e. The first kappa shape index (κ1) is 10.9. The molecule has 1 aromatic heterocycles. The van der Waals surface area contributed by atoms with Crippen molar-refractivity contribution in [1.29, 1.82) is 0 Å². The zero-order chi connectivity index (χ0) is 10.8. The smallest absolute Gasteiger partial charge is 0.130 e. The van der Waals surface area contributed by atoms with E-state index in [2.05, 4.69) is 18.8 Å². The molecule has 0 aliphatic heterocycles. The van der Waals surface area contributed by atoms with Gasteiger partial charge in [-0.25, -0.2) is 0 Å². The highest BCUT2D eigenvalue weighted by atomic mass is 16.1. The van der Waals surface area contributed by atoms with Gasteiger partial charge in [0.05, 0.1) is 0 Å². The monoisotopic (exact) mass is 191 g/mol. The van der Waals surface area contributed by atoms with E-state index < -0.39 is 0 Å². The van der Waals surface area contributed by atoms with Gasteiger partial charge >= 0.3 is 0 Å². The Morgan fingerprint density at radius 3 is 2.50 bits per heavy atom. The molecule has 0 saturated heterocycles. The fraction of sp³-hybridized carbons (Fsp3) is 0.500. The predicted octanol–water partition coefficient (Wildman–Crippen LogP) is 2.65. The normalized spacial score (nSPS) is 11.4. The minimum Gasteiger partial charge on any atom is -0.300 e. The Hall–Kier alpha value is -1.18. The summed E-state index contributed by atoms with van der Waals surface area (Å²) in [6.07, 6.45) is 2.43. The van der Waals surface area contributed by atoms with Crippen LogP contribution < -0.4 is 0 Å². The molecule has 0 radical (unpaired) electrons. The Balaban J connectivity index is 2.91. The average Bonchev–Trinajstić information content (AvgIpc) is 2.02. The van der Waals surface area contributed by atoms with E-state index in [1.54, 1.807) is 6.92 Å². The number of rotatable bonds is 3. The van der Waals surface area contributed by atoms with E-state index in [1.165, 1.54) is 0 Å². The van der Waals surface area contributed by atoms with Crippen molar-refractivity contribution in [1.82, 2.24) is 4.98 Å². The van der Waals surface area contributed by atoms with Crippen LogP contribution in [0.2, 0.25) is 0 Å². The number of nitrogens with zero attached hydrogens (tertiary/aromatic N) is 1. The standard InChI is InChI=1S/C12H17NO/c1-9-5-6-11(8-13-9)12(3,4)7-10(2)14/h5-6,8H,7H2,1-4H3. The fourth-order valence-corrected chi connectivity index (χ4v) is 1.59. The minimum atomic E-state index is -0.105. The summed E-state index contributed by atoms with van der Waals surface area (Å²) in [6, 6.07) is 4.03. The topological polar surface area (TPSA) is 30.0 Å². The van der Waals surface area contributed by atoms with E-state index in [0.29, 0.717) is 6.42 Å². The van der Waals surface area contributed by atoms with Crippen LogP contribution in [0.5, 0.6) is 0 Å². The van der Waals surface area contributed by atoms with Gasteiger partial charge in [-0.3, -0.25) is 9.78 Å². The van der Waals surface area contributed by atoms with Crippen LogP contribution in [0.1, 0.15) is 38.4 Å². The third-order valence-electron chi connectivity index (χ3n) is 2.38. The summed E-state index contributed by atoms with van der Waals surface area (Å²) in [6.45, 7) is 7.73. The molecule has 14 heavy (non-hydrogen) atoms. The molecule has 2 nitrogen and oxygen atoms in total. The molecule has 76 valence electrons. The molecule has 1 heterocycles. The lowest BCUT2D eigenvalue weighted by Gasteiger charge is -2.23. The summed E-state index contributed by atoms with van der Waals surface area (Å²) in [7, 11) is 0. The minimum absolute atomic E-state index is 0.105. The van der Waals surface area contributed by atoms with Crippen molar-refractivity contribution in [2.45, 2.75) is 39.5 Å². The average molecular weight is 191 g/mol. The summed E-state index contributed by atoms with van der Waals surface area (Å²) < 4.78 is 0. The van der Waals surface area contributed by atoms with E-state index in [9.17, 15) is 4.79 Å². The van der Waals surface area contributed by atoms with Gasteiger partial charge in [-0.15, -0.1) is 0 Å². The molecule has 0 fully saturated rings. The third kappa shape index (κ3) is 2.66. The number of carbonyl (C=O) groups excluding carboxylic acids is 1. The number of carbonyl (C=O) groups is 1. The van der Waals surface area contributed by atoms with Gasteiger partial charge in [0.25, 0.3) is 0 Å². The van der Waals surface area contributed by atoms with Gasteiger partial charge in [0.2, 0.25) is 0 Å². The second-order valence-electron chi connectivity index (χ2n) is 4.45. The predicted molar refractivity (Wildman–Crippen MR) is 57.3 cm³/mol. The molecular weight excluding hydrogens is 174 g/mol. The van der Waals surface area contributed by atoms with Crippen molar-refractivity contribution in [3.8, 4) is 0 Å². The van der Waals surface area contributed by atoms with Gasteiger partial charge in [0, 0.05) is 18.3 Å². The van der Waals surface area contributed by atoms with Crippen molar-refractivity contribution in [2.75, 3.05) is 0 Å². The maximum atomic E-state index is 11.1. The van der Waals surface area contributed by atoms with E-state index >= 15 is 0 Å². The molecule has 2 heteroatoms. The van der Waals surface area contributed by atoms with Crippen LogP contribution in [0, 0.1) is 6.92 Å². The molecule has 0 amide bonds. The molecule has 0 spiro atoms.